The molecule has 0 fully saturated rings. The molecule has 21 heavy (non-hydrogen) atoms. The highest BCUT2D eigenvalue weighted by Crippen LogP contribution is 2.22. The van der Waals surface area contributed by atoms with Crippen LogP contribution in [0.25, 0.3) is 0 Å². The summed E-state index contributed by atoms with van der Waals surface area (Å²) in [5.41, 5.74) is -0.299. The molecule has 0 spiro atoms. The van der Waals surface area contributed by atoms with Gasteiger partial charge in [0.2, 0.25) is 0 Å². The molecule has 0 aliphatic heterocycles. The van der Waals surface area contributed by atoms with E-state index in [0.29, 0.717) is 12.8 Å². The molecule has 0 saturated heterocycles. The van der Waals surface area contributed by atoms with E-state index in [1.807, 2.05) is 6.92 Å². The van der Waals surface area contributed by atoms with Gasteiger partial charge in [0.1, 0.15) is 0 Å². The molecule has 1 amide bonds. The second-order valence-electron chi connectivity index (χ2n) is 4.48. The van der Waals surface area contributed by atoms with Crippen LogP contribution in [0.3, 0.4) is 0 Å². The van der Waals surface area contributed by atoms with Crippen molar-refractivity contribution in [2.24, 2.45) is 0 Å². The lowest BCUT2D eigenvalue weighted by atomic mass is 10.1. The zero-order valence-corrected chi connectivity index (χ0v) is 12.1. The van der Waals surface area contributed by atoms with Crippen LogP contribution in [0, 0.1) is 10.1 Å². The fourth-order valence-electron chi connectivity index (χ4n) is 1.85. The molecule has 0 aliphatic carbocycles. The number of halogens is 1. The van der Waals surface area contributed by atoms with Gasteiger partial charge in [-0.2, -0.15) is 0 Å². The summed E-state index contributed by atoms with van der Waals surface area (Å²) in [6.07, 6.45) is 0.970. The zero-order valence-electron chi connectivity index (χ0n) is 11.3. The number of hydrogen-bond acceptors (Lipinski definition) is 4. The number of non-ortho nitro benzene ring substituents is 1. The van der Waals surface area contributed by atoms with Crippen molar-refractivity contribution in [1.82, 2.24) is 5.32 Å². The highest BCUT2D eigenvalue weighted by atomic mass is 35.5. The van der Waals surface area contributed by atoms with Crippen molar-refractivity contribution >= 4 is 29.2 Å². The summed E-state index contributed by atoms with van der Waals surface area (Å²) in [6.45, 7) is 1.86. The molecule has 1 aromatic rings. The Kier molecular flexibility index (Phi) is 6.10. The van der Waals surface area contributed by atoms with E-state index >= 15 is 0 Å². The summed E-state index contributed by atoms with van der Waals surface area (Å²) in [4.78, 5) is 32.9. The fourth-order valence-corrected chi connectivity index (χ4v) is 2.05. The number of carboxylic acids is 1. The lowest BCUT2D eigenvalue weighted by Gasteiger charge is -2.16. The molecule has 1 unspecified atom stereocenters. The number of rotatable bonds is 7. The van der Waals surface area contributed by atoms with Crippen LogP contribution in [-0.4, -0.2) is 27.9 Å². The Hall–Kier alpha value is -2.15. The predicted molar refractivity (Wildman–Crippen MR) is 76.5 cm³/mol. The molecule has 0 bridgehead atoms. The van der Waals surface area contributed by atoms with Gasteiger partial charge >= 0.3 is 5.97 Å². The zero-order chi connectivity index (χ0) is 16.0. The molecule has 1 aromatic carbocycles. The molecule has 0 radical (unpaired) electrons. The third-order valence-corrected chi connectivity index (χ3v) is 3.13. The highest BCUT2D eigenvalue weighted by Gasteiger charge is 2.20. The summed E-state index contributed by atoms with van der Waals surface area (Å²) in [6, 6.07) is 2.98. The Labute approximate surface area is 126 Å². The Morgan fingerprint density at radius 3 is 2.67 bits per heavy atom. The van der Waals surface area contributed by atoms with Crippen molar-refractivity contribution < 1.29 is 19.6 Å². The third kappa shape index (κ3) is 5.03. The minimum atomic E-state index is -1.03. The van der Waals surface area contributed by atoms with Gasteiger partial charge in [-0.1, -0.05) is 24.9 Å². The summed E-state index contributed by atoms with van der Waals surface area (Å²) in [5, 5.41) is 22.1. The number of nitro benzene ring substituents is 1. The van der Waals surface area contributed by atoms with Crippen LogP contribution in [0.1, 0.15) is 36.5 Å². The first-order chi connectivity index (χ1) is 9.85. The fraction of sp³-hybridized carbons (Fsp3) is 0.385. The van der Waals surface area contributed by atoms with E-state index in [9.17, 15) is 19.7 Å². The molecular formula is C13H15ClN2O5. The van der Waals surface area contributed by atoms with Crippen molar-refractivity contribution in [2.75, 3.05) is 0 Å². The van der Waals surface area contributed by atoms with E-state index in [0.717, 1.165) is 6.07 Å². The number of carbonyl (C=O) groups excluding carboxylic acids is 1. The number of nitro groups is 1. The maximum atomic E-state index is 12.1. The predicted octanol–water partition coefficient (Wildman–Crippen LogP) is 2.62. The van der Waals surface area contributed by atoms with Crippen LogP contribution in [-0.2, 0) is 4.79 Å². The molecule has 0 aliphatic rings. The molecule has 0 saturated carbocycles. The Balaban J connectivity index is 2.93. The molecule has 2 N–H and O–H groups in total. The van der Waals surface area contributed by atoms with Crippen LogP contribution in [0.5, 0.6) is 0 Å². The van der Waals surface area contributed by atoms with Gasteiger partial charge in [0.15, 0.2) is 0 Å². The van der Waals surface area contributed by atoms with Crippen molar-refractivity contribution in [3.05, 3.63) is 38.9 Å². The first kappa shape index (κ1) is 16.9. The van der Waals surface area contributed by atoms with Gasteiger partial charge in [0.05, 0.1) is 21.9 Å². The smallest absolute Gasteiger partial charge is 0.305 e. The van der Waals surface area contributed by atoms with E-state index in [2.05, 4.69) is 5.32 Å². The Bertz CT molecular complexity index is 561. The van der Waals surface area contributed by atoms with Gasteiger partial charge in [-0.25, -0.2) is 0 Å². The molecule has 1 atom stereocenters. The largest absolute Gasteiger partial charge is 0.481 e. The number of carbonyl (C=O) groups is 2. The SMILES string of the molecule is CCCC(CC(=O)O)NC(=O)c1cc([N+](=O)[O-])ccc1Cl. The summed E-state index contributed by atoms with van der Waals surface area (Å²) >= 11 is 5.86. The average molecular weight is 315 g/mol. The van der Waals surface area contributed by atoms with Gasteiger partial charge < -0.3 is 10.4 Å². The van der Waals surface area contributed by atoms with Gasteiger partial charge in [-0.05, 0) is 12.5 Å². The van der Waals surface area contributed by atoms with Gasteiger partial charge in [0.25, 0.3) is 11.6 Å². The number of carboxylic acid groups (broad SMARTS) is 1. The maximum Gasteiger partial charge on any atom is 0.305 e. The number of nitrogens with one attached hydrogen (secondary N) is 1. The van der Waals surface area contributed by atoms with Crippen molar-refractivity contribution in [1.29, 1.82) is 0 Å². The second-order valence-corrected chi connectivity index (χ2v) is 4.89. The molecule has 8 heteroatoms. The van der Waals surface area contributed by atoms with Gasteiger partial charge in [-0.15, -0.1) is 0 Å². The quantitative estimate of drug-likeness (QED) is 0.594. The van der Waals surface area contributed by atoms with Crippen molar-refractivity contribution in [3.63, 3.8) is 0 Å². The van der Waals surface area contributed by atoms with Gasteiger partial charge in [0, 0.05) is 18.2 Å². The lowest BCUT2D eigenvalue weighted by Crippen LogP contribution is -2.36. The van der Waals surface area contributed by atoms with Gasteiger partial charge in [-0.3, -0.25) is 19.7 Å². The molecule has 0 aromatic heterocycles. The number of amides is 1. The summed E-state index contributed by atoms with van der Waals surface area (Å²) in [5.74, 6) is -1.65. The lowest BCUT2D eigenvalue weighted by molar-refractivity contribution is -0.384. The standard InChI is InChI=1S/C13H15ClN2O5/c1-2-3-8(6-12(17)18)15-13(19)10-7-9(16(20)21)4-5-11(10)14/h4-5,7-8H,2-3,6H2,1H3,(H,15,19)(H,17,18). The maximum absolute atomic E-state index is 12.1. The minimum Gasteiger partial charge on any atom is -0.481 e. The van der Waals surface area contributed by atoms with Crippen LogP contribution < -0.4 is 5.32 Å². The van der Waals surface area contributed by atoms with Crippen LogP contribution in [0.2, 0.25) is 5.02 Å². The third-order valence-electron chi connectivity index (χ3n) is 2.80. The summed E-state index contributed by atoms with van der Waals surface area (Å²) < 4.78 is 0. The molecule has 1 rings (SSSR count). The highest BCUT2D eigenvalue weighted by molar-refractivity contribution is 6.34. The number of hydrogen-bond donors (Lipinski definition) is 2. The average Bonchev–Trinajstić information content (AvgIpc) is 2.38. The Morgan fingerprint density at radius 2 is 2.14 bits per heavy atom. The molecule has 7 nitrogen and oxygen atoms in total. The first-order valence-electron chi connectivity index (χ1n) is 6.31. The van der Waals surface area contributed by atoms with Crippen molar-refractivity contribution in [2.45, 2.75) is 32.2 Å². The molecule has 114 valence electrons. The van der Waals surface area contributed by atoms with Crippen LogP contribution in [0.15, 0.2) is 18.2 Å². The van der Waals surface area contributed by atoms with Crippen LogP contribution >= 0.6 is 11.6 Å². The number of benzene rings is 1. The topological polar surface area (TPSA) is 110 Å². The van der Waals surface area contributed by atoms with E-state index in [1.165, 1.54) is 12.1 Å². The van der Waals surface area contributed by atoms with E-state index in [4.69, 9.17) is 16.7 Å². The normalized spacial score (nSPS) is 11.7. The monoisotopic (exact) mass is 314 g/mol. The van der Waals surface area contributed by atoms with Crippen LogP contribution in [0.4, 0.5) is 5.69 Å². The molecule has 0 heterocycles. The number of nitrogens with zero attached hydrogens (tertiary/aromatic N) is 1. The van der Waals surface area contributed by atoms with E-state index < -0.39 is 22.8 Å². The second kappa shape index (κ2) is 7.58. The Morgan fingerprint density at radius 1 is 1.48 bits per heavy atom. The molecular weight excluding hydrogens is 300 g/mol. The van der Waals surface area contributed by atoms with E-state index in [1.54, 1.807) is 0 Å². The van der Waals surface area contributed by atoms with Crippen molar-refractivity contribution in [3.8, 4) is 0 Å². The summed E-state index contributed by atoms with van der Waals surface area (Å²) in [7, 11) is 0. The number of aliphatic carboxylic acids is 1. The van der Waals surface area contributed by atoms with E-state index in [-0.39, 0.29) is 22.7 Å². The first-order valence-corrected chi connectivity index (χ1v) is 6.69. The minimum absolute atomic E-state index is 0.0441.